The van der Waals surface area contributed by atoms with Gasteiger partial charge in [-0.05, 0) is 17.7 Å². The zero-order valence-corrected chi connectivity index (χ0v) is 10.0. The first-order valence-corrected chi connectivity index (χ1v) is 5.53. The molecule has 0 unspecified atom stereocenters. The highest BCUT2D eigenvalue weighted by Gasteiger charge is 2.07. The first-order chi connectivity index (χ1) is 8.17. The highest BCUT2D eigenvalue weighted by Crippen LogP contribution is 2.13. The van der Waals surface area contributed by atoms with Crippen LogP contribution in [0, 0.1) is 5.82 Å². The van der Waals surface area contributed by atoms with Gasteiger partial charge in [-0.2, -0.15) is 0 Å². The number of anilines is 1. The van der Waals surface area contributed by atoms with Crippen LogP contribution in [0.4, 0.5) is 10.1 Å². The van der Waals surface area contributed by atoms with Crippen LogP contribution < -0.4 is 5.73 Å². The molecule has 17 heavy (non-hydrogen) atoms. The summed E-state index contributed by atoms with van der Waals surface area (Å²) in [6.07, 6.45) is 0. The van der Waals surface area contributed by atoms with Crippen molar-refractivity contribution in [3.63, 3.8) is 0 Å². The highest BCUT2D eigenvalue weighted by atomic mass is 19.1. The second-order valence-electron chi connectivity index (χ2n) is 3.85. The first-order valence-electron chi connectivity index (χ1n) is 5.53. The average molecular weight is 242 g/mol. The van der Waals surface area contributed by atoms with Gasteiger partial charge in [-0.15, -0.1) is 0 Å². The van der Waals surface area contributed by atoms with Gasteiger partial charge in [0, 0.05) is 26.7 Å². The minimum Gasteiger partial charge on any atom is -0.396 e. The van der Waals surface area contributed by atoms with E-state index in [1.165, 1.54) is 6.07 Å². The third kappa shape index (κ3) is 4.68. The molecule has 0 heterocycles. The molecular weight excluding hydrogens is 223 g/mol. The quantitative estimate of drug-likeness (QED) is 0.696. The van der Waals surface area contributed by atoms with E-state index in [-0.39, 0.29) is 12.3 Å². The van der Waals surface area contributed by atoms with Gasteiger partial charge in [0.15, 0.2) is 0 Å². The number of rotatable bonds is 7. The van der Waals surface area contributed by atoms with Gasteiger partial charge in [-0.3, -0.25) is 4.90 Å². The Balaban J connectivity index is 2.61. The summed E-state index contributed by atoms with van der Waals surface area (Å²) in [6.45, 7) is 2.46. The molecule has 1 rings (SSSR count). The van der Waals surface area contributed by atoms with Crippen LogP contribution >= 0.6 is 0 Å². The maximum absolute atomic E-state index is 13.2. The highest BCUT2D eigenvalue weighted by molar-refractivity contribution is 5.41. The fourth-order valence-electron chi connectivity index (χ4n) is 1.56. The fourth-order valence-corrected chi connectivity index (χ4v) is 1.56. The topological polar surface area (TPSA) is 58.7 Å². The molecule has 96 valence electrons. The molecule has 0 bridgehead atoms. The lowest BCUT2D eigenvalue weighted by Gasteiger charge is -2.21. The Morgan fingerprint density at radius 3 is 2.76 bits per heavy atom. The van der Waals surface area contributed by atoms with Crippen molar-refractivity contribution < 1.29 is 14.2 Å². The van der Waals surface area contributed by atoms with E-state index in [1.807, 2.05) is 4.90 Å². The number of hydrogen-bond acceptors (Lipinski definition) is 4. The number of ether oxygens (including phenoxy) is 1. The fraction of sp³-hybridized carbons (Fsp3) is 0.500. The standard InChI is InChI=1S/C12H19FN2O2/c1-17-7-5-15(4-6-16)9-10-2-3-12(14)11(13)8-10/h2-3,8,16H,4-7,9,14H2,1H3. The summed E-state index contributed by atoms with van der Waals surface area (Å²) in [5.41, 5.74) is 6.40. The van der Waals surface area contributed by atoms with Gasteiger partial charge in [0.2, 0.25) is 0 Å². The summed E-state index contributed by atoms with van der Waals surface area (Å²) in [6, 6.07) is 4.76. The molecule has 3 N–H and O–H groups in total. The minimum absolute atomic E-state index is 0.0706. The van der Waals surface area contributed by atoms with Crippen molar-refractivity contribution in [3.05, 3.63) is 29.6 Å². The number of nitrogens with two attached hydrogens (primary N) is 1. The number of aliphatic hydroxyl groups is 1. The molecule has 0 saturated heterocycles. The van der Waals surface area contributed by atoms with Gasteiger partial charge in [0.25, 0.3) is 0 Å². The van der Waals surface area contributed by atoms with Crippen LogP contribution in [0.15, 0.2) is 18.2 Å². The molecule has 0 fully saturated rings. The monoisotopic (exact) mass is 242 g/mol. The zero-order valence-electron chi connectivity index (χ0n) is 10.0. The van der Waals surface area contributed by atoms with Crippen molar-refractivity contribution in [2.24, 2.45) is 0 Å². The molecule has 0 atom stereocenters. The van der Waals surface area contributed by atoms with Crippen molar-refractivity contribution in [2.75, 3.05) is 39.1 Å². The van der Waals surface area contributed by atoms with E-state index in [0.717, 1.165) is 5.56 Å². The van der Waals surface area contributed by atoms with Crippen LogP contribution in [-0.2, 0) is 11.3 Å². The lowest BCUT2D eigenvalue weighted by atomic mass is 10.2. The summed E-state index contributed by atoms with van der Waals surface area (Å²) in [7, 11) is 1.63. The zero-order chi connectivity index (χ0) is 12.7. The van der Waals surface area contributed by atoms with Gasteiger partial charge in [-0.1, -0.05) is 6.07 Å². The van der Waals surface area contributed by atoms with Crippen molar-refractivity contribution >= 4 is 5.69 Å². The second kappa shape index (κ2) is 7.21. The minimum atomic E-state index is -0.404. The molecule has 0 aliphatic carbocycles. The van der Waals surface area contributed by atoms with E-state index in [0.29, 0.717) is 26.2 Å². The van der Waals surface area contributed by atoms with Gasteiger partial charge < -0.3 is 15.6 Å². The molecule has 0 radical (unpaired) electrons. The predicted molar refractivity (Wildman–Crippen MR) is 65.1 cm³/mol. The molecule has 5 heteroatoms. The normalized spacial score (nSPS) is 11.1. The molecule has 0 aromatic heterocycles. The maximum atomic E-state index is 13.2. The lowest BCUT2D eigenvalue weighted by molar-refractivity contribution is 0.127. The SMILES string of the molecule is COCCN(CCO)Cc1ccc(N)c(F)c1. The first kappa shape index (κ1) is 13.9. The van der Waals surface area contributed by atoms with Crippen molar-refractivity contribution in [3.8, 4) is 0 Å². The van der Waals surface area contributed by atoms with Crippen LogP contribution in [0.25, 0.3) is 0 Å². The number of methoxy groups -OCH3 is 1. The molecule has 0 aliphatic rings. The Morgan fingerprint density at radius 2 is 2.18 bits per heavy atom. The van der Waals surface area contributed by atoms with E-state index >= 15 is 0 Å². The van der Waals surface area contributed by atoms with Crippen LogP contribution in [0.5, 0.6) is 0 Å². The van der Waals surface area contributed by atoms with Crippen LogP contribution in [0.1, 0.15) is 5.56 Å². The Kier molecular flexibility index (Phi) is 5.90. The Bertz CT molecular complexity index is 347. The summed E-state index contributed by atoms with van der Waals surface area (Å²) in [5.74, 6) is -0.404. The van der Waals surface area contributed by atoms with Gasteiger partial charge in [-0.25, -0.2) is 4.39 Å². The summed E-state index contributed by atoms with van der Waals surface area (Å²) in [5, 5.41) is 8.94. The Hall–Kier alpha value is -1.17. The number of nitrogen functional groups attached to an aromatic ring is 1. The molecule has 1 aromatic rings. The van der Waals surface area contributed by atoms with E-state index in [4.69, 9.17) is 15.6 Å². The second-order valence-corrected chi connectivity index (χ2v) is 3.85. The van der Waals surface area contributed by atoms with Crippen molar-refractivity contribution in [1.82, 2.24) is 4.90 Å². The smallest absolute Gasteiger partial charge is 0.146 e. The van der Waals surface area contributed by atoms with Crippen molar-refractivity contribution in [2.45, 2.75) is 6.54 Å². The number of aliphatic hydroxyl groups excluding tert-OH is 1. The average Bonchev–Trinajstić information content (AvgIpc) is 2.31. The number of halogens is 1. The molecular formula is C12H19FN2O2. The Labute approximate surface area is 101 Å². The number of hydrogen-bond donors (Lipinski definition) is 2. The van der Waals surface area contributed by atoms with Gasteiger partial charge in [0.05, 0.1) is 18.9 Å². The Morgan fingerprint density at radius 1 is 1.41 bits per heavy atom. The number of nitrogens with zero attached hydrogens (tertiary/aromatic N) is 1. The van der Waals surface area contributed by atoms with E-state index in [2.05, 4.69) is 0 Å². The third-order valence-corrected chi connectivity index (χ3v) is 2.50. The lowest BCUT2D eigenvalue weighted by Crippen LogP contribution is -2.29. The van der Waals surface area contributed by atoms with E-state index in [1.54, 1.807) is 19.2 Å². The summed E-state index contributed by atoms with van der Waals surface area (Å²) >= 11 is 0. The molecule has 0 spiro atoms. The largest absolute Gasteiger partial charge is 0.396 e. The molecule has 0 aliphatic heterocycles. The summed E-state index contributed by atoms with van der Waals surface area (Å²) in [4.78, 5) is 1.99. The molecule has 0 saturated carbocycles. The molecule has 0 amide bonds. The maximum Gasteiger partial charge on any atom is 0.146 e. The van der Waals surface area contributed by atoms with Crippen LogP contribution in [-0.4, -0.2) is 43.4 Å². The van der Waals surface area contributed by atoms with Crippen molar-refractivity contribution in [1.29, 1.82) is 0 Å². The van der Waals surface area contributed by atoms with E-state index < -0.39 is 5.82 Å². The van der Waals surface area contributed by atoms with Gasteiger partial charge >= 0.3 is 0 Å². The number of benzene rings is 1. The molecule has 4 nitrogen and oxygen atoms in total. The van der Waals surface area contributed by atoms with Gasteiger partial charge in [0.1, 0.15) is 5.82 Å². The van der Waals surface area contributed by atoms with Crippen LogP contribution in [0.3, 0.4) is 0 Å². The predicted octanol–water partition coefficient (Wildman–Crippen LogP) is 0.849. The third-order valence-electron chi connectivity index (χ3n) is 2.50. The van der Waals surface area contributed by atoms with Crippen LogP contribution in [0.2, 0.25) is 0 Å². The summed E-state index contributed by atoms with van der Waals surface area (Å²) < 4.78 is 18.2. The molecule has 1 aromatic carbocycles. The van der Waals surface area contributed by atoms with E-state index in [9.17, 15) is 4.39 Å².